The van der Waals surface area contributed by atoms with Crippen molar-refractivity contribution in [1.82, 2.24) is 4.90 Å². The summed E-state index contributed by atoms with van der Waals surface area (Å²) in [6.07, 6.45) is 3.86. The number of unbranched alkanes of at least 4 members (excludes halogenated alkanes) is 3. The molecule has 0 radical (unpaired) electrons. The van der Waals surface area contributed by atoms with Gasteiger partial charge in [0.15, 0.2) is 0 Å². The number of aliphatic hydroxyl groups is 2. The molecule has 15 heavy (non-hydrogen) atoms. The predicted octanol–water partition coefficient (Wildman–Crippen LogP) is 0.478. The van der Waals surface area contributed by atoms with E-state index in [1.54, 1.807) is 7.11 Å². The summed E-state index contributed by atoms with van der Waals surface area (Å²) in [5.74, 6) is 0. The summed E-state index contributed by atoms with van der Waals surface area (Å²) < 4.78 is 4.86. The molecule has 0 aliphatic carbocycles. The first-order valence-electron chi connectivity index (χ1n) is 5.67. The summed E-state index contributed by atoms with van der Waals surface area (Å²) in [5, 5.41) is 18.1. The second-order valence-electron chi connectivity index (χ2n) is 4.01. The maximum atomic E-state index is 9.46. The zero-order valence-corrected chi connectivity index (χ0v) is 9.98. The van der Waals surface area contributed by atoms with E-state index in [9.17, 15) is 5.11 Å². The fraction of sp³-hybridized carbons (Fsp3) is 1.00. The lowest BCUT2D eigenvalue weighted by atomic mass is 10.2. The quantitative estimate of drug-likeness (QED) is 0.525. The second-order valence-corrected chi connectivity index (χ2v) is 4.01. The zero-order valence-electron chi connectivity index (χ0n) is 9.98. The highest BCUT2D eigenvalue weighted by Crippen LogP contribution is 2.01. The van der Waals surface area contributed by atoms with Gasteiger partial charge in [0.2, 0.25) is 0 Å². The molecular formula is C11H25NO3. The standard InChI is InChI=1S/C11H25NO3/c1-12(9-11(14)10-15-2)7-5-3-4-6-8-13/h11,13-14H,3-10H2,1-2H3. The summed E-state index contributed by atoms with van der Waals surface area (Å²) in [7, 11) is 3.60. The van der Waals surface area contributed by atoms with Gasteiger partial charge in [0.1, 0.15) is 0 Å². The number of rotatable bonds is 10. The van der Waals surface area contributed by atoms with Gasteiger partial charge in [-0.2, -0.15) is 0 Å². The summed E-state index contributed by atoms with van der Waals surface area (Å²) in [6, 6.07) is 0. The van der Waals surface area contributed by atoms with Gasteiger partial charge >= 0.3 is 0 Å². The van der Waals surface area contributed by atoms with Crippen LogP contribution < -0.4 is 0 Å². The van der Waals surface area contributed by atoms with Crippen LogP contribution in [0.2, 0.25) is 0 Å². The molecular weight excluding hydrogens is 194 g/mol. The summed E-state index contributed by atoms with van der Waals surface area (Å²) >= 11 is 0. The van der Waals surface area contributed by atoms with Crippen LogP contribution in [0.4, 0.5) is 0 Å². The molecule has 0 spiro atoms. The zero-order chi connectivity index (χ0) is 11.5. The Kier molecular flexibility index (Phi) is 10.3. The molecule has 1 unspecified atom stereocenters. The minimum Gasteiger partial charge on any atom is -0.396 e. The van der Waals surface area contributed by atoms with Crippen molar-refractivity contribution in [3.8, 4) is 0 Å². The summed E-state index contributed by atoms with van der Waals surface area (Å²) in [6.45, 7) is 2.34. The average molecular weight is 219 g/mol. The Balaban J connectivity index is 3.28. The van der Waals surface area contributed by atoms with E-state index in [2.05, 4.69) is 4.90 Å². The second kappa shape index (κ2) is 10.4. The highest BCUT2D eigenvalue weighted by molar-refractivity contribution is 4.60. The van der Waals surface area contributed by atoms with Gasteiger partial charge in [0.05, 0.1) is 12.7 Å². The SMILES string of the molecule is COCC(O)CN(C)CCCCCCO. The van der Waals surface area contributed by atoms with Gasteiger partial charge in [-0.25, -0.2) is 0 Å². The third-order valence-corrected chi connectivity index (χ3v) is 2.33. The van der Waals surface area contributed by atoms with Gasteiger partial charge in [-0.05, 0) is 26.4 Å². The van der Waals surface area contributed by atoms with Crippen molar-refractivity contribution in [3.63, 3.8) is 0 Å². The van der Waals surface area contributed by atoms with E-state index < -0.39 is 6.10 Å². The number of hydrogen-bond acceptors (Lipinski definition) is 4. The lowest BCUT2D eigenvalue weighted by Gasteiger charge is -2.19. The number of likely N-dealkylation sites (N-methyl/N-ethyl adjacent to an activating group) is 1. The highest BCUT2D eigenvalue weighted by Gasteiger charge is 2.06. The van der Waals surface area contributed by atoms with E-state index in [4.69, 9.17) is 9.84 Å². The summed E-state index contributed by atoms with van der Waals surface area (Å²) in [5.41, 5.74) is 0. The molecule has 92 valence electrons. The molecule has 0 aromatic carbocycles. The molecule has 0 aromatic heterocycles. The monoisotopic (exact) mass is 219 g/mol. The first-order chi connectivity index (χ1) is 7.20. The Morgan fingerprint density at radius 1 is 1.20 bits per heavy atom. The maximum Gasteiger partial charge on any atom is 0.0899 e. The average Bonchev–Trinajstić information content (AvgIpc) is 2.17. The Morgan fingerprint density at radius 3 is 2.47 bits per heavy atom. The van der Waals surface area contributed by atoms with E-state index in [1.807, 2.05) is 7.05 Å². The van der Waals surface area contributed by atoms with Crippen LogP contribution in [0.5, 0.6) is 0 Å². The molecule has 1 atom stereocenters. The molecule has 0 aromatic rings. The highest BCUT2D eigenvalue weighted by atomic mass is 16.5. The van der Waals surface area contributed by atoms with Crippen molar-refractivity contribution in [2.24, 2.45) is 0 Å². The smallest absolute Gasteiger partial charge is 0.0899 e. The molecule has 0 bridgehead atoms. The van der Waals surface area contributed by atoms with Crippen LogP contribution in [0.25, 0.3) is 0 Å². The lowest BCUT2D eigenvalue weighted by molar-refractivity contribution is 0.0430. The number of ether oxygens (including phenoxy) is 1. The van der Waals surface area contributed by atoms with Gasteiger partial charge in [-0.1, -0.05) is 12.8 Å². The molecule has 2 N–H and O–H groups in total. The van der Waals surface area contributed by atoms with Crippen LogP contribution in [0.3, 0.4) is 0 Å². The van der Waals surface area contributed by atoms with Gasteiger partial charge < -0.3 is 19.8 Å². The number of nitrogens with zero attached hydrogens (tertiary/aromatic N) is 1. The predicted molar refractivity (Wildman–Crippen MR) is 60.9 cm³/mol. The van der Waals surface area contributed by atoms with Gasteiger partial charge in [0.25, 0.3) is 0 Å². The topological polar surface area (TPSA) is 52.9 Å². The third kappa shape index (κ3) is 10.1. The summed E-state index contributed by atoms with van der Waals surface area (Å²) in [4.78, 5) is 2.11. The molecule has 4 nitrogen and oxygen atoms in total. The van der Waals surface area contributed by atoms with E-state index in [0.29, 0.717) is 19.8 Å². The van der Waals surface area contributed by atoms with Crippen LogP contribution in [0.1, 0.15) is 25.7 Å². The first-order valence-corrected chi connectivity index (χ1v) is 5.67. The fourth-order valence-electron chi connectivity index (χ4n) is 1.54. The van der Waals surface area contributed by atoms with Crippen molar-refractivity contribution in [2.45, 2.75) is 31.8 Å². The molecule has 0 saturated heterocycles. The molecule has 0 amide bonds. The fourth-order valence-corrected chi connectivity index (χ4v) is 1.54. The van der Waals surface area contributed by atoms with Gasteiger partial charge in [0, 0.05) is 20.3 Å². The Hall–Kier alpha value is -0.160. The van der Waals surface area contributed by atoms with Crippen molar-refractivity contribution in [3.05, 3.63) is 0 Å². The molecule has 0 saturated carbocycles. The van der Waals surface area contributed by atoms with Crippen LogP contribution in [-0.4, -0.2) is 61.7 Å². The molecule has 0 aliphatic rings. The first kappa shape index (κ1) is 14.8. The Bertz CT molecular complexity index is 133. The molecule has 0 heterocycles. The van der Waals surface area contributed by atoms with E-state index in [-0.39, 0.29) is 0 Å². The van der Waals surface area contributed by atoms with Crippen LogP contribution in [0, 0.1) is 0 Å². The van der Waals surface area contributed by atoms with Crippen LogP contribution in [-0.2, 0) is 4.74 Å². The van der Waals surface area contributed by atoms with E-state index in [1.165, 1.54) is 0 Å². The molecule has 0 rings (SSSR count). The normalized spacial score (nSPS) is 13.4. The Labute approximate surface area is 92.9 Å². The van der Waals surface area contributed by atoms with E-state index in [0.717, 1.165) is 32.2 Å². The van der Waals surface area contributed by atoms with Crippen molar-refractivity contribution < 1.29 is 14.9 Å². The molecule has 0 fully saturated rings. The lowest BCUT2D eigenvalue weighted by Crippen LogP contribution is -2.32. The largest absolute Gasteiger partial charge is 0.396 e. The third-order valence-electron chi connectivity index (χ3n) is 2.33. The number of aliphatic hydroxyl groups excluding tert-OH is 2. The maximum absolute atomic E-state index is 9.46. The van der Waals surface area contributed by atoms with Crippen LogP contribution >= 0.6 is 0 Å². The van der Waals surface area contributed by atoms with Gasteiger partial charge in [-0.3, -0.25) is 0 Å². The van der Waals surface area contributed by atoms with Crippen LogP contribution in [0.15, 0.2) is 0 Å². The van der Waals surface area contributed by atoms with Crippen molar-refractivity contribution in [2.75, 3.05) is 40.5 Å². The molecule has 4 heteroatoms. The minimum absolute atomic E-state index is 0.294. The Morgan fingerprint density at radius 2 is 1.87 bits per heavy atom. The van der Waals surface area contributed by atoms with Crippen molar-refractivity contribution >= 4 is 0 Å². The number of hydrogen-bond donors (Lipinski definition) is 2. The van der Waals surface area contributed by atoms with Crippen molar-refractivity contribution in [1.29, 1.82) is 0 Å². The van der Waals surface area contributed by atoms with Gasteiger partial charge in [-0.15, -0.1) is 0 Å². The minimum atomic E-state index is -0.391. The number of methoxy groups -OCH3 is 1. The van der Waals surface area contributed by atoms with E-state index >= 15 is 0 Å². The molecule has 0 aliphatic heterocycles.